The Kier molecular flexibility index (Phi) is 5.15. The van der Waals surface area contributed by atoms with Gasteiger partial charge in [0.25, 0.3) is 0 Å². The molecule has 0 aliphatic heterocycles. The number of hydrogen-bond donors (Lipinski definition) is 1. The summed E-state index contributed by atoms with van der Waals surface area (Å²) in [5.74, 6) is 0. The number of halogens is 1. The molecule has 2 aromatic heterocycles. The molecule has 3 nitrogen and oxygen atoms in total. The van der Waals surface area contributed by atoms with Gasteiger partial charge in [0.15, 0.2) is 0 Å². The average molecular weight is 436 g/mol. The number of aromatic amines is 1. The van der Waals surface area contributed by atoms with Crippen molar-refractivity contribution in [2.75, 3.05) is 0 Å². The standard InChI is InChI=1S/C22H17AsClN2O/c1-2-14-5-3-4-6-18(14)23-22-20-19(11-12-25-22)26-13-17(21(20)27)15-7-9-16(24)10-8-15/h3-13H,2H2,1H3,(H,26,27). The third kappa shape index (κ3) is 3.58. The van der Waals surface area contributed by atoms with E-state index in [1.54, 1.807) is 24.5 Å². The molecule has 4 rings (SSSR count). The first-order valence-electron chi connectivity index (χ1n) is 8.73. The predicted octanol–water partition coefficient (Wildman–Crippen LogP) is 3.46. The molecule has 2 aromatic carbocycles. The Morgan fingerprint density at radius 1 is 1.07 bits per heavy atom. The summed E-state index contributed by atoms with van der Waals surface area (Å²) in [6.07, 6.45) is 4.52. The Morgan fingerprint density at radius 2 is 1.85 bits per heavy atom. The molecule has 0 saturated heterocycles. The quantitative estimate of drug-likeness (QED) is 0.499. The number of nitrogens with zero attached hydrogens (tertiary/aromatic N) is 1. The molecular weight excluding hydrogens is 419 g/mol. The molecule has 5 heteroatoms. The first-order valence-corrected chi connectivity index (χ1v) is 11.0. The molecule has 1 radical (unpaired) electrons. The SMILES string of the molecule is CCc1ccccc1[As]c1nccc2[nH]cc(-c3ccc(Cl)cc3)c(=O)c12. The van der Waals surface area contributed by atoms with Gasteiger partial charge >= 0.3 is 169 Å². The summed E-state index contributed by atoms with van der Waals surface area (Å²) in [6.45, 7) is 2.15. The summed E-state index contributed by atoms with van der Waals surface area (Å²) in [4.78, 5) is 21.2. The van der Waals surface area contributed by atoms with E-state index in [1.807, 2.05) is 18.2 Å². The molecular formula is C22H17AsClN2O. The zero-order chi connectivity index (χ0) is 18.8. The average Bonchev–Trinajstić information content (AvgIpc) is 2.70. The predicted molar refractivity (Wildman–Crippen MR) is 114 cm³/mol. The van der Waals surface area contributed by atoms with Gasteiger partial charge in [-0.3, -0.25) is 0 Å². The molecule has 0 saturated carbocycles. The number of pyridine rings is 2. The fourth-order valence-electron chi connectivity index (χ4n) is 3.11. The molecule has 0 fully saturated rings. The summed E-state index contributed by atoms with van der Waals surface area (Å²) >= 11 is 5.60. The third-order valence-electron chi connectivity index (χ3n) is 4.53. The van der Waals surface area contributed by atoms with Crippen LogP contribution < -0.4 is 14.3 Å². The second-order valence-electron chi connectivity index (χ2n) is 6.19. The van der Waals surface area contributed by atoms with Gasteiger partial charge in [-0.15, -0.1) is 0 Å². The van der Waals surface area contributed by atoms with E-state index in [-0.39, 0.29) is 21.2 Å². The fourth-order valence-corrected chi connectivity index (χ4v) is 5.80. The number of rotatable bonds is 4. The second kappa shape index (κ2) is 7.72. The van der Waals surface area contributed by atoms with Crippen LogP contribution in [-0.4, -0.2) is 25.7 Å². The van der Waals surface area contributed by atoms with Crippen LogP contribution in [0.2, 0.25) is 5.02 Å². The zero-order valence-electron chi connectivity index (χ0n) is 14.7. The van der Waals surface area contributed by atoms with Gasteiger partial charge in [-0.05, 0) is 0 Å². The van der Waals surface area contributed by atoms with E-state index in [0.29, 0.717) is 16.0 Å². The molecule has 0 bridgehead atoms. The zero-order valence-corrected chi connectivity index (χ0v) is 17.4. The first kappa shape index (κ1) is 18.0. The summed E-state index contributed by atoms with van der Waals surface area (Å²) in [7, 11) is 0. The van der Waals surface area contributed by atoms with Crippen LogP contribution in [0.25, 0.3) is 22.0 Å². The minimum atomic E-state index is -0.383. The van der Waals surface area contributed by atoms with Crippen LogP contribution in [0.4, 0.5) is 0 Å². The Hall–Kier alpha value is -2.35. The van der Waals surface area contributed by atoms with Gasteiger partial charge in [0.05, 0.1) is 0 Å². The number of hydrogen-bond acceptors (Lipinski definition) is 2. The molecule has 0 atom stereocenters. The van der Waals surface area contributed by atoms with Crippen molar-refractivity contribution in [3.8, 4) is 11.1 Å². The number of nitrogens with one attached hydrogen (secondary N) is 1. The van der Waals surface area contributed by atoms with E-state index in [0.717, 1.165) is 22.0 Å². The van der Waals surface area contributed by atoms with Gasteiger partial charge in [-0.2, -0.15) is 0 Å². The van der Waals surface area contributed by atoms with Gasteiger partial charge in [-0.25, -0.2) is 0 Å². The van der Waals surface area contributed by atoms with Crippen LogP contribution in [0.15, 0.2) is 71.8 Å². The van der Waals surface area contributed by atoms with Crippen molar-refractivity contribution in [2.24, 2.45) is 0 Å². The van der Waals surface area contributed by atoms with Crippen LogP contribution in [0.3, 0.4) is 0 Å². The van der Waals surface area contributed by atoms with Crippen molar-refractivity contribution in [2.45, 2.75) is 13.3 Å². The van der Waals surface area contributed by atoms with E-state index in [1.165, 1.54) is 9.91 Å². The van der Waals surface area contributed by atoms with E-state index in [2.05, 4.69) is 41.2 Å². The maximum absolute atomic E-state index is 13.3. The third-order valence-corrected chi connectivity index (χ3v) is 7.36. The minimum absolute atomic E-state index is 0.0125. The monoisotopic (exact) mass is 435 g/mol. The summed E-state index contributed by atoms with van der Waals surface area (Å²) in [5, 5.41) is 1.34. The van der Waals surface area contributed by atoms with E-state index >= 15 is 0 Å². The van der Waals surface area contributed by atoms with Crippen LogP contribution in [0.5, 0.6) is 0 Å². The van der Waals surface area contributed by atoms with Crippen molar-refractivity contribution in [3.05, 3.63) is 87.8 Å². The second-order valence-corrected chi connectivity index (χ2v) is 8.99. The van der Waals surface area contributed by atoms with Crippen molar-refractivity contribution < 1.29 is 0 Å². The molecule has 0 unspecified atom stereocenters. The Labute approximate surface area is 169 Å². The van der Waals surface area contributed by atoms with Crippen LogP contribution in [0, 0.1) is 0 Å². The van der Waals surface area contributed by atoms with Crippen LogP contribution in [0.1, 0.15) is 12.5 Å². The molecule has 0 spiro atoms. The van der Waals surface area contributed by atoms with Crippen molar-refractivity contribution in [1.29, 1.82) is 0 Å². The van der Waals surface area contributed by atoms with Crippen molar-refractivity contribution >= 4 is 47.1 Å². The Bertz CT molecular complexity index is 1170. The number of benzene rings is 2. The topological polar surface area (TPSA) is 45.8 Å². The number of fused-ring (bicyclic) bond motifs is 1. The molecule has 2 heterocycles. The van der Waals surface area contributed by atoms with E-state index < -0.39 is 0 Å². The van der Waals surface area contributed by atoms with Crippen LogP contribution >= 0.6 is 11.6 Å². The fraction of sp³-hybridized carbons (Fsp3) is 0.0909. The van der Waals surface area contributed by atoms with Crippen molar-refractivity contribution in [1.82, 2.24) is 9.97 Å². The maximum atomic E-state index is 13.3. The molecule has 133 valence electrons. The molecule has 0 amide bonds. The van der Waals surface area contributed by atoms with Gasteiger partial charge in [0.2, 0.25) is 0 Å². The normalized spacial score (nSPS) is 11.5. The van der Waals surface area contributed by atoms with E-state index in [4.69, 9.17) is 11.6 Å². The van der Waals surface area contributed by atoms with Gasteiger partial charge < -0.3 is 0 Å². The summed E-state index contributed by atoms with van der Waals surface area (Å²) in [5.41, 5.74) is 3.65. The number of aryl methyl sites for hydroxylation is 1. The van der Waals surface area contributed by atoms with Gasteiger partial charge in [0.1, 0.15) is 0 Å². The first-order chi connectivity index (χ1) is 13.2. The van der Waals surface area contributed by atoms with Gasteiger partial charge in [0, 0.05) is 0 Å². The number of H-pyrrole nitrogens is 1. The molecule has 1 N–H and O–H groups in total. The Balaban J connectivity index is 1.88. The van der Waals surface area contributed by atoms with Crippen LogP contribution in [-0.2, 0) is 6.42 Å². The van der Waals surface area contributed by atoms with Crippen molar-refractivity contribution in [3.63, 3.8) is 0 Å². The molecule has 0 aliphatic rings. The number of aromatic nitrogens is 2. The van der Waals surface area contributed by atoms with Gasteiger partial charge in [-0.1, -0.05) is 0 Å². The molecule has 27 heavy (non-hydrogen) atoms. The summed E-state index contributed by atoms with van der Waals surface area (Å²) < 4.78 is 2.19. The molecule has 0 aliphatic carbocycles. The van der Waals surface area contributed by atoms with E-state index in [9.17, 15) is 4.79 Å². The Morgan fingerprint density at radius 3 is 2.63 bits per heavy atom. The summed E-state index contributed by atoms with van der Waals surface area (Å²) in [6, 6.07) is 17.6. The molecule has 4 aromatic rings.